The molecule has 1 N–H and O–H groups in total. The summed E-state index contributed by atoms with van der Waals surface area (Å²) in [6, 6.07) is 13.8. The average Bonchev–Trinajstić information content (AvgIpc) is 3.60. The van der Waals surface area contributed by atoms with Gasteiger partial charge in [0.05, 0.1) is 12.6 Å². The molecule has 1 saturated heterocycles. The van der Waals surface area contributed by atoms with E-state index in [9.17, 15) is 9.59 Å². The van der Waals surface area contributed by atoms with Crippen LogP contribution in [0.5, 0.6) is 11.5 Å². The molecule has 3 aromatic rings. The molecule has 2 fully saturated rings. The van der Waals surface area contributed by atoms with Crippen molar-refractivity contribution in [1.82, 2.24) is 9.88 Å². The number of nitrogens with zero attached hydrogens (tertiary/aromatic N) is 1. The standard InChI is InChI=1S/C32H40N2O6/c1-32(2,3)40-31(36)34-19-25(22-12-8-13-23(16-22)33-30(35)27-14-9-15-38-27)24-17-28(37-4)29(18-26(24)34)39-20-21-10-6-5-7-11-21/h5-7,10-11,17-19,22-23,27H,8-9,12-16,20H2,1-4H3,(H,33,35)/t22-,23+,27-/m0/s1. The van der Waals surface area contributed by atoms with E-state index in [1.54, 1.807) is 11.7 Å². The Morgan fingerprint density at radius 2 is 1.85 bits per heavy atom. The van der Waals surface area contributed by atoms with Crippen molar-refractivity contribution in [3.8, 4) is 11.5 Å². The molecule has 1 saturated carbocycles. The van der Waals surface area contributed by atoms with Crippen molar-refractivity contribution in [1.29, 1.82) is 0 Å². The molecule has 40 heavy (non-hydrogen) atoms. The molecule has 1 aliphatic heterocycles. The largest absolute Gasteiger partial charge is 0.493 e. The van der Waals surface area contributed by atoms with Gasteiger partial charge in [0.15, 0.2) is 11.5 Å². The van der Waals surface area contributed by atoms with Gasteiger partial charge in [0, 0.05) is 30.3 Å². The number of aromatic nitrogens is 1. The minimum absolute atomic E-state index is 0.0128. The number of rotatable bonds is 7. The Morgan fingerprint density at radius 3 is 2.55 bits per heavy atom. The second-order valence-electron chi connectivity index (χ2n) is 11.8. The maximum atomic E-state index is 13.4. The number of fused-ring (bicyclic) bond motifs is 1. The van der Waals surface area contributed by atoms with Gasteiger partial charge < -0.3 is 24.3 Å². The van der Waals surface area contributed by atoms with E-state index in [1.165, 1.54) is 0 Å². The Labute approximate surface area is 235 Å². The lowest BCUT2D eigenvalue weighted by Crippen LogP contribution is -2.43. The topological polar surface area (TPSA) is 88.0 Å². The smallest absolute Gasteiger partial charge is 0.419 e. The quantitative estimate of drug-likeness (QED) is 0.371. The second kappa shape index (κ2) is 11.9. The molecule has 2 heterocycles. The molecule has 2 aromatic carbocycles. The molecule has 214 valence electrons. The monoisotopic (exact) mass is 548 g/mol. The van der Waals surface area contributed by atoms with Gasteiger partial charge in [0.2, 0.25) is 5.91 Å². The van der Waals surface area contributed by atoms with Crippen molar-refractivity contribution in [2.45, 2.75) is 89.6 Å². The predicted octanol–water partition coefficient (Wildman–Crippen LogP) is 6.33. The summed E-state index contributed by atoms with van der Waals surface area (Å²) < 4.78 is 24.9. The van der Waals surface area contributed by atoms with Crippen LogP contribution in [0, 0.1) is 0 Å². The van der Waals surface area contributed by atoms with Crippen molar-refractivity contribution in [2.75, 3.05) is 13.7 Å². The molecular formula is C32H40N2O6. The molecule has 0 radical (unpaired) electrons. The third kappa shape index (κ3) is 6.44. The highest BCUT2D eigenvalue weighted by molar-refractivity contribution is 5.94. The molecule has 0 unspecified atom stereocenters. The second-order valence-corrected chi connectivity index (χ2v) is 11.8. The summed E-state index contributed by atoms with van der Waals surface area (Å²) in [7, 11) is 1.62. The lowest BCUT2D eigenvalue weighted by Gasteiger charge is -2.30. The van der Waals surface area contributed by atoms with Gasteiger partial charge in [-0.1, -0.05) is 36.8 Å². The number of ether oxygens (including phenoxy) is 4. The highest BCUT2D eigenvalue weighted by Gasteiger charge is 2.32. The van der Waals surface area contributed by atoms with Gasteiger partial charge in [-0.2, -0.15) is 0 Å². The van der Waals surface area contributed by atoms with Crippen molar-refractivity contribution >= 4 is 22.9 Å². The minimum atomic E-state index is -0.643. The molecule has 0 spiro atoms. The van der Waals surface area contributed by atoms with Crippen molar-refractivity contribution in [3.05, 3.63) is 59.8 Å². The Hall–Kier alpha value is -3.52. The first kappa shape index (κ1) is 28.0. The first-order valence-corrected chi connectivity index (χ1v) is 14.3. The summed E-state index contributed by atoms with van der Waals surface area (Å²) in [6.45, 7) is 6.60. The predicted molar refractivity (Wildman–Crippen MR) is 153 cm³/mol. The van der Waals surface area contributed by atoms with Gasteiger partial charge in [0.25, 0.3) is 0 Å². The average molecular weight is 549 g/mol. The fourth-order valence-electron chi connectivity index (χ4n) is 5.73. The van der Waals surface area contributed by atoms with E-state index in [1.807, 2.05) is 69.4 Å². The summed E-state index contributed by atoms with van der Waals surface area (Å²) in [5.74, 6) is 1.31. The molecule has 5 rings (SSSR count). The van der Waals surface area contributed by atoms with Crippen LogP contribution in [0.4, 0.5) is 4.79 Å². The van der Waals surface area contributed by atoms with Crippen LogP contribution in [0.2, 0.25) is 0 Å². The van der Waals surface area contributed by atoms with E-state index in [0.717, 1.165) is 55.0 Å². The lowest BCUT2D eigenvalue weighted by atomic mass is 9.81. The van der Waals surface area contributed by atoms with Crippen LogP contribution >= 0.6 is 0 Å². The summed E-state index contributed by atoms with van der Waals surface area (Å²) >= 11 is 0. The van der Waals surface area contributed by atoms with E-state index in [0.29, 0.717) is 30.2 Å². The number of amides is 1. The summed E-state index contributed by atoms with van der Waals surface area (Å²) in [6.07, 6.45) is 6.49. The zero-order valence-corrected chi connectivity index (χ0v) is 23.9. The minimum Gasteiger partial charge on any atom is -0.493 e. The van der Waals surface area contributed by atoms with E-state index in [4.69, 9.17) is 18.9 Å². The first-order chi connectivity index (χ1) is 19.2. The van der Waals surface area contributed by atoms with Crippen molar-refractivity contribution < 1.29 is 28.5 Å². The molecule has 1 aliphatic carbocycles. The normalized spacial score (nSPS) is 21.2. The zero-order chi connectivity index (χ0) is 28.3. The summed E-state index contributed by atoms with van der Waals surface area (Å²) in [5.41, 5.74) is 2.14. The number of hydrogen-bond donors (Lipinski definition) is 1. The fourth-order valence-corrected chi connectivity index (χ4v) is 5.73. The Bertz CT molecular complexity index is 1340. The van der Waals surface area contributed by atoms with E-state index >= 15 is 0 Å². The Balaban J connectivity index is 1.46. The fraction of sp³-hybridized carbons (Fsp3) is 0.500. The molecule has 0 bridgehead atoms. The maximum absolute atomic E-state index is 13.4. The van der Waals surface area contributed by atoms with Crippen LogP contribution in [0.3, 0.4) is 0 Å². The molecule has 2 aliphatic rings. The van der Waals surface area contributed by atoms with Crippen molar-refractivity contribution in [3.63, 3.8) is 0 Å². The van der Waals surface area contributed by atoms with E-state index in [-0.39, 0.29) is 24.0 Å². The van der Waals surface area contributed by atoms with Crippen LogP contribution in [-0.4, -0.2) is 48.0 Å². The lowest BCUT2D eigenvalue weighted by molar-refractivity contribution is -0.131. The molecule has 8 nitrogen and oxygen atoms in total. The summed E-state index contributed by atoms with van der Waals surface area (Å²) in [4.78, 5) is 26.1. The molecular weight excluding hydrogens is 508 g/mol. The number of nitrogens with one attached hydrogen (secondary N) is 1. The van der Waals surface area contributed by atoms with Gasteiger partial charge >= 0.3 is 6.09 Å². The SMILES string of the molecule is COc1cc2c([C@H]3CCC[C@@H](NC(=O)[C@@H]4CCCO4)C3)cn(C(=O)OC(C)(C)C)c2cc1OCc1ccccc1. The van der Waals surface area contributed by atoms with Crippen LogP contribution in [0.15, 0.2) is 48.7 Å². The molecule has 3 atom stereocenters. The zero-order valence-electron chi connectivity index (χ0n) is 23.9. The highest BCUT2D eigenvalue weighted by atomic mass is 16.6. The van der Waals surface area contributed by atoms with Crippen LogP contribution in [-0.2, 0) is 20.9 Å². The first-order valence-electron chi connectivity index (χ1n) is 14.3. The van der Waals surface area contributed by atoms with Crippen molar-refractivity contribution in [2.24, 2.45) is 0 Å². The number of benzene rings is 2. The Morgan fingerprint density at radius 1 is 1.05 bits per heavy atom. The van der Waals surface area contributed by atoms with E-state index in [2.05, 4.69) is 5.32 Å². The molecule has 8 heteroatoms. The third-order valence-corrected chi connectivity index (χ3v) is 7.63. The third-order valence-electron chi connectivity index (χ3n) is 7.63. The van der Waals surface area contributed by atoms with Gasteiger partial charge in [-0.25, -0.2) is 4.79 Å². The number of hydrogen-bond acceptors (Lipinski definition) is 6. The van der Waals surface area contributed by atoms with Gasteiger partial charge in [-0.15, -0.1) is 0 Å². The Kier molecular flexibility index (Phi) is 8.35. The molecule has 1 amide bonds. The van der Waals surface area contributed by atoms with Gasteiger partial charge in [0.1, 0.15) is 18.3 Å². The van der Waals surface area contributed by atoms with Crippen LogP contribution < -0.4 is 14.8 Å². The number of methoxy groups -OCH3 is 1. The molecule has 1 aromatic heterocycles. The summed E-state index contributed by atoms with van der Waals surface area (Å²) in [5, 5.41) is 4.15. The van der Waals surface area contributed by atoms with Gasteiger partial charge in [-0.05, 0) is 76.0 Å². The number of carbonyl (C=O) groups excluding carboxylic acids is 2. The highest BCUT2D eigenvalue weighted by Crippen LogP contribution is 2.42. The van der Waals surface area contributed by atoms with Gasteiger partial charge in [-0.3, -0.25) is 9.36 Å². The number of carbonyl (C=O) groups is 2. The van der Waals surface area contributed by atoms with E-state index < -0.39 is 11.7 Å². The van der Waals surface area contributed by atoms with Crippen LogP contribution in [0.1, 0.15) is 76.3 Å². The maximum Gasteiger partial charge on any atom is 0.419 e. The van der Waals surface area contributed by atoms with Crippen LogP contribution in [0.25, 0.3) is 10.9 Å².